The van der Waals surface area contributed by atoms with Crippen molar-refractivity contribution < 1.29 is 18.3 Å². The number of halogens is 4. The summed E-state index contributed by atoms with van der Waals surface area (Å²) in [7, 11) is 0. The number of aromatic nitrogens is 3. The minimum absolute atomic E-state index is 0.0755. The number of aliphatic hydroxyl groups is 1. The predicted octanol–water partition coefficient (Wildman–Crippen LogP) is 4.53. The van der Waals surface area contributed by atoms with E-state index in [4.69, 9.17) is 11.6 Å². The van der Waals surface area contributed by atoms with E-state index in [-0.39, 0.29) is 18.2 Å². The molecule has 0 bridgehead atoms. The monoisotopic (exact) mass is 408 g/mol. The molecule has 2 aromatic heterocycles. The summed E-state index contributed by atoms with van der Waals surface area (Å²) in [5, 5.41) is 13.8. The molecule has 9 heteroatoms. The van der Waals surface area contributed by atoms with Gasteiger partial charge in [-0.2, -0.15) is 13.2 Å². The van der Waals surface area contributed by atoms with Crippen molar-refractivity contribution in [3.8, 4) is 11.4 Å². The van der Waals surface area contributed by atoms with Gasteiger partial charge in [0.1, 0.15) is 11.4 Å². The van der Waals surface area contributed by atoms with Crippen LogP contribution in [0.5, 0.6) is 0 Å². The highest BCUT2D eigenvalue weighted by Gasteiger charge is 2.34. The van der Waals surface area contributed by atoms with Gasteiger partial charge in [0.05, 0.1) is 0 Å². The minimum atomic E-state index is -4.65. The van der Waals surface area contributed by atoms with Crippen LogP contribution in [0, 0.1) is 0 Å². The van der Waals surface area contributed by atoms with Crippen LogP contribution in [0.3, 0.4) is 0 Å². The molecule has 0 spiro atoms. The molecule has 1 atom stereocenters. The molecule has 0 saturated heterocycles. The lowest BCUT2D eigenvalue weighted by molar-refractivity contribution is -0.141. The number of pyridine rings is 1. The van der Waals surface area contributed by atoms with Crippen LogP contribution in [0.4, 0.5) is 19.0 Å². The molecule has 1 aromatic carbocycles. The van der Waals surface area contributed by atoms with E-state index in [1.807, 2.05) is 0 Å². The Labute approximate surface area is 164 Å². The fraction of sp³-hybridized carbons (Fsp3) is 0.211. The van der Waals surface area contributed by atoms with Crippen molar-refractivity contribution in [2.45, 2.75) is 18.7 Å². The van der Waals surface area contributed by atoms with Crippen LogP contribution >= 0.6 is 11.6 Å². The zero-order chi connectivity index (χ0) is 20.4. The Morgan fingerprint density at radius 3 is 2.50 bits per heavy atom. The topological polar surface area (TPSA) is 70.9 Å². The van der Waals surface area contributed by atoms with Crippen LogP contribution in [0.25, 0.3) is 11.4 Å². The van der Waals surface area contributed by atoms with Gasteiger partial charge in [-0.1, -0.05) is 29.8 Å². The maximum absolute atomic E-state index is 13.3. The first-order valence-electron chi connectivity index (χ1n) is 8.25. The Balaban J connectivity index is 1.92. The van der Waals surface area contributed by atoms with Gasteiger partial charge >= 0.3 is 6.18 Å². The van der Waals surface area contributed by atoms with E-state index >= 15 is 0 Å². The van der Waals surface area contributed by atoms with Crippen LogP contribution in [-0.2, 0) is 11.8 Å². The molecule has 0 aliphatic heterocycles. The first kappa shape index (κ1) is 20.0. The molecule has 5 nitrogen and oxygen atoms in total. The average molecular weight is 409 g/mol. The van der Waals surface area contributed by atoms with Gasteiger partial charge in [-0.15, -0.1) is 0 Å². The lowest BCUT2D eigenvalue weighted by atomic mass is 9.96. The Morgan fingerprint density at radius 2 is 1.86 bits per heavy atom. The summed E-state index contributed by atoms with van der Waals surface area (Å²) in [5.74, 6) is -0.198. The highest BCUT2D eigenvalue weighted by molar-refractivity contribution is 6.31. The summed E-state index contributed by atoms with van der Waals surface area (Å²) in [5.41, 5.74) is -1.74. The molecular formula is C19H16ClF3N4O. The Bertz CT molecular complexity index is 965. The quantitative estimate of drug-likeness (QED) is 0.649. The minimum Gasteiger partial charge on any atom is -0.384 e. The van der Waals surface area contributed by atoms with Crippen molar-refractivity contribution in [2.24, 2.45) is 0 Å². The second-order valence-electron chi connectivity index (χ2n) is 6.31. The zero-order valence-electron chi connectivity index (χ0n) is 14.7. The Hall–Kier alpha value is -2.71. The number of benzene rings is 1. The lowest BCUT2D eigenvalue weighted by Crippen LogP contribution is -2.31. The third-order valence-electron chi connectivity index (χ3n) is 4.00. The lowest BCUT2D eigenvalue weighted by Gasteiger charge is -2.25. The zero-order valence-corrected chi connectivity index (χ0v) is 15.5. The third kappa shape index (κ3) is 4.58. The molecule has 146 valence electrons. The van der Waals surface area contributed by atoms with Crippen LogP contribution in [0.15, 0.2) is 54.9 Å². The molecule has 3 rings (SSSR count). The number of alkyl halides is 3. The van der Waals surface area contributed by atoms with E-state index in [0.717, 1.165) is 6.07 Å². The molecule has 0 fully saturated rings. The summed E-state index contributed by atoms with van der Waals surface area (Å²) in [4.78, 5) is 11.6. The van der Waals surface area contributed by atoms with Gasteiger partial charge in [0.15, 0.2) is 11.5 Å². The molecule has 1 unspecified atom stereocenters. The smallest absolute Gasteiger partial charge is 0.384 e. The second-order valence-corrected chi connectivity index (χ2v) is 6.72. The summed E-state index contributed by atoms with van der Waals surface area (Å²) in [6.45, 7) is 1.40. The van der Waals surface area contributed by atoms with Crippen LogP contribution in [0.1, 0.15) is 18.2 Å². The van der Waals surface area contributed by atoms with Crippen molar-refractivity contribution >= 4 is 17.4 Å². The summed E-state index contributed by atoms with van der Waals surface area (Å²) < 4.78 is 39.8. The van der Waals surface area contributed by atoms with E-state index < -0.39 is 17.5 Å². The van der Waals surface area contributed by atoms with E-state index in [0.29, 0.717) is 16.1 Å². The molecular weight excluding hydrogens is 393 g/mol. The van der Waals surface area contributed by atoms with Crippen LogP contribution in [-0.4, -0.2) is 26.6 Å². The van der Waals surface area contributed by atoms with Crippen molar-refractivity contribution in [1.82, 2.24) is 15.0 Å². The molecule has 0 radical (unpaired) electrons. The predicted molar refractivity (Wildman–Crippen MR) is 99.8 cm³/mol. The maximum Gasteiger partial charge on any atom is 0.433 e. The average Bonchev–Trinajstić information content (AvgIpc) is 2.66. The SMILES string of the molecule is CC(O)(CNc1cc(C(F)(F)F)nc(-c2cccnc2)n1)c1ccccc1Cl. The van der Waals surface area contributed by atoms with Crippen LogP contribution < -0.4 is 5.32 Å². The van der Waals surface area contributed by atoms with Crippen molar-refractivity contribution in [3.05, 3.63) is 71.1 Å². The van der Waals surface area contributed by atoms with Gasteiger partial charge in [-0.3, -0.25) is 4.98 Å². The Morgan fingerprint density at radius 1 is 1.11 bits per heavy atom. The summed E-state index contributed by atoms with van der Waals surface area (Å²) in [6, 6.07) is 10.6. The van der Waals surface area contributed by atoms with E-state index in [2.05, 4.69) is 20.3 Å². The van der Waals surface area contributed by atoms with Gasteiger partial charge in [0.25, 0.3) is 0 Å². The fourth-order valence-electron chi connectivity index (χ4n) is 2.56. The van der Waals surface area contributed by atoms with E-state index in [1.54, 1.807) is 36.4 Å². The van der Waals surface area contributed by atoms with E-state index in [1.165, 1.54) is 19.3 Å². The first-order valence-corrected chi connectivity index (χ1v) is 8.62. The largest absolute Gasteiger partial charge is 0.433 e. The maximum atomic E-state index is 13.3. The normalized spacial score (nSPS) is 13.8. The molecule has 3 aromatic rings. The second kappa shape index (κ2) is 7.73. The molecule has 2 N–H and O–H groups in total. The highest BCUT2D eigenvalue weighted by atomic mass is 35.5. The highest BCUT2D eigenvalue weighted by Crippen LogP contribution is 2.32. The van der Waals surface area contributed by atoms with Crippen molar-refractivity contribution in [2.75, 3.05) is 11.9 Å². The van der Waals surface area contributed by atoms with Gasteiger partial charge in [-0.25, -0.2) is 9.97 Å². The summed E-state index contributed by atoms with van der Waals surface area (Å²) in [6.07, 6.45) is -1.78. The van der Waals surface area contributed by atoms with Crippen molar-refractivity contribution in [1.29, 1.82) is 0 Å². The standard InChI is InChI=1S/C19H16ClF3N4O/c1-18(28,13-6-2-3-7-14(13)20)11-25-16-9-15(19(21,22)23)26-17(27-16)12-5-4-8-24-10-12/h2-10,28H,11H2,1H3,(H,25,26,27). The third-order valence-corrected chi connectivity index (χ3v) is 4.33. The van der Waals surface area contributed by atoms with Gasteiger partial charge < -0.3 is 10.4 Å². The number of nitrogens with zero attached hydrogens (tertiary/aromatic N) is 3. The molecule has 0 amide bonds. The van der Waals surface area contributed by atoms with Gasteiger partial charge in [0, 0.05) is 41.2 Å². The molecule has 0 aliphatic rings. The van der Waals surface area contributed by atoms with Gasteiger partial charge in [0.2, 0.25) is 0 Å². The van der Waals surface area contributed by atoms with Gasteiger partial charge in [-0.05, 0) is 25.1 Å². The number of hydrogen-bond donors (Lipinski definition) is 2. The molecule has 28 heavy (non-hydrogen) atoms. The van der Waals surface area contributed by atoms with Crippen molar-refractivity contribution in [3.63, 3.8) is 0 Å². The number of hydrogen-bond acceptors (Lipinski definition) is 5. The first-order chi connectivity index (χ1) is 13.2. The van der Waals surface area contributed by atoms with E-state index in [9.17, 15) is 18.3 Å². The number of anilines is 1. The van der Waals surface area contributed by atoms with Crippen LogP contribution in [0.2, 0.25) is 5.02 Å². The molecule has 0 aliphatic carbocycles. The molecule has 2 heterocycles. The Kier molecular flexibility index (Phi) is 5.53. The fourth-order valence-corrected chi connectivity index (χ4v) is 2.90. The number of rotatable bonds is 5. The number of nitrogens with one attached hydrogen (secondary N) is 1. The molecule has 0 saturated carbocycles. The summed E-state index contributed by atoms with van der Waals surface area (Å²) >= 11 is 6.11.